The zero-order valence-electron chi connectivity index (χ0n) is 9.13. The van der Waals surface area contributed by atoms with Crippen LogP contribution < -0.4 is 10.1 Å². The summed E-state index contributed by atoms with van der Waals surface area (Å²) in [6.45, 7) is 4.00. The van der Waals surface area contributed by atoms with Gasteiger partial charge in [0.25, 0.3) is 0 Å². The van der Waals surface area contributed by atoms with Crippen LogP contribution >= 0.6 is 28.3 Å². The van der Waals surface area contributed by atoms with E-state index < -0.39 is 0 Å². The van der Waals surface area contributed by atoms with Crippen molar-refractivity contribution >= 4 is 28.3 Å². The first kappa shape index (κ1) is 15.3. The first-order valence-electron chi connectivity index (χ1n) is 4.83. The summed E-state index contributed by atoms with van der Waals surface area (Å²) in [5, 5.41) is 3.13. The SMILES string of the molecule is C#CCNCc1ccc(OCC)c(Br)c1.Cl. The predicted molar refractivity (Wildman–Crippen MR) is 73.1 cm³/mol. The number of hydrogen-bond acceptors (Lipinski definition) is 2. The molecule has 0 heterocycles. The molecule has 0 amide bonds. The highest BCUT2D eigenvalue weighted by molar-refractivity contribution is 9.10. The van der Waals surface area contributed by atoms with E-state index in [2.05, 4.69) is 27.2 Å². The molecule has 1 aromatic carbocycles. The Kier molecular flexibility index (Phi) is 8.10. The van der Waals surface area contributed by atoms with Crippen LogP contribution in [0.15, 0.2) is 22.7 Å². The number of ether oxygens (including phenoxy) is 1. The average Bonchev–Trinajstić information content (AvgIpc) is 2.23. The first-order valence-corrected chi connectivity index (χ1v) is 5.62. The van der Waals surface area contributed by atoms with Crippen molar-refractivity contribution < 1.29 is 4.74 Å². The fourth-order valence-corrected chi connectivity index (χ4v) is 1.75. The molecule has 0 aromatic heterocycles. The van der Waals surface area contributed by atoms with E-state index >= 15 is 0 Å². The minimum absolute atomic E-state index is 0. The van der Waals surface area contributed by atoms with Crippen molar-refractivity contribution in [2.75, 3.05) is 13.2 Å². The van der Waals surface area contributed by atoms with Crippen LogP contribution in [0.1, 0.15) is 12.5 Å². The summed E-state index contributed by atoms with van der Waals surface area (Å²) in [6, 6.07) is 6.02. The lowest BCUT2D eigenvalue weighted by molar-refractivity contribution is 0.338. The normalized spacial score (nSPS) is 9.06. The standard InChI is InChI=1S/C12H14BrNO.ClH/c1-3-7-14-9-10-5-6-12(15-4-2)11(13)8-10;/h1,5-6,8,14H,4,7,9H2,2H3;1H. The maximum Gasteiger partial charge on any atom is 0.133 e. The highest BCUT2D eigenvalue weighted by Crippen LogP contribution is 2.25. The van der Waals surface area contributed by atoms with Gasteiger partial charge < -0.3 is 10.1 Å². The van der Waals surface area contributed by atoms with Crippen molar-refractivity contribution in [1.29, 1.82) is 0 Å². The third kappa shape index (κ3) is 4.89. The average molecular weight is 305 g/mol. The van der Waals surface area contributed by atoms with Crippen molar-refractivity contribution in [3.8, 4) is 18.1 Å². The molecule has 0 aliphatic carbocycles. The van der Waals surface area contributed by atoms with Crippen molar-refractivity contribution in [1.82, 2.24) is 5.32 Å². The third-order valence-corrected chi connectivity index (χ3v) is 2.47. The summed E-state index contributed by atoms with van der Waals surface area (Å²) in [5.41, 5.74) is 1.18. The Labute approximate surface area is 111 Å². The molecule has 0 aliphatic rings. The Bertz CT molecular complexity index is 363. The monoisotopic (exact) mass is 303 g/mol. The van der Waals surface area contributed by atoms with E-state index in [0.717, 1.165) is 16.8 Å². The Balaban J connectivity index is 0.00000225. The fraction of sp³-hybridized carbons (Fsp3) is 0.333. The number of hydrogen-bond donors (Lipinski definition) is 1. The van der Waals surface area contributed by atoms with Gasteiger partial charge in [0.1, 0.15) is 5.75 Å². The van der Waals surface area contributed by atoms with Crippen LogP contribution in [-0.2, 0) is 6.54 Å². The number of halogens is 2. The second kappa shape index (κ2) is 8.46. The second-order valence-corrected chi connectivity index (χ2v) is 3.86. The van der Waals surface area contributed by atoms with E-state index in [0.29, 0.717) is 13.2 Å². The number of nitrogens with one attached hydrogen (secondary N) is 1. The van der Waals surface area contributed by atoms with Crippen LogP contribution in [0.25, 0.3) is 0 Å². The van der Waals surface area contributed by atoms with Gasteiger partial charge in [-0.15, -0.1) is 18.8 Å². The highest BCUT2D eigenvalue weighted by atomic mass is 79.9. The van der Waals surface area contributed by atoms with Gasteiger partial charge in [0.05, 0.1) is 17.6 Å². The zero-order chi connectivity index (χ0) is 11.1. The molecular formula is C12H15BrClNO. The van der Waals surface area contributed by atoms with Crippen LogP contribution in [0.5, 0.6) is 5.75 Å². The summed E-state index contributed by atoms with van der Waals surface area (Å²) >= 11 is 3.46. The fourth-order valence-electron chi connectivity index (χ4n) is 1.21. The topological polar surface area (TPSA) is 21.3 Å². The van der Waals surface area contributed by atoms with E-state index in [1.807, 2.05) is 25.1 Å². The van der Waals surface area contributed by atoms with Gasteiger partial charge in [-0.25, -0.2) is 0 Å². The van der Waals surface area contributed by atoms with Gasteiger partial charge in [-0.1, -0.05) is 12.0 Å². The van der Waals surface area contributed by atoms with Crippen LogP contribution in [0.4, 0.5) is 0 Å². The lowest BCUT2D eigenvalue weighted by atomic mass is 10.2. The second-order valence-electron chi connectivity index (χ2n) is 3.01. The number of terminal acetylenes is 1. The van der Waals surface area contributed by atoms with E-state index in [9.17, 15) is 0 Å². The van der Waals surface area contributed by atoms with Gasteiger partial charge in [-0.05, 0) is 40.5 Å². The number of rotatable bonds is 5. The van der Waals surface area contributed by atoms with Crippen LogP contribution in [-0.4, -0.2) is 13.2 Å². The predicted octanol–water partition coefficient (Wildman–Crippen LogP) is 2.99. The smallest absolute Gasteiger partial charge is 0.133 e. The first-order chi connectivity index (χ1) is 7.27. The van der Waals surface area contributed by atoms with Crippen LogP contribution in [0.3, 0.4) is 0 Å². The maximum atomic E-state index is 5.42. The maximum absolute atomic E-state index is 5.42. The molecule has 0 fully saturated rings. The highest BCUT2D eigenvalue weighted by Gasteiger charge is 2.01. The van der Waals surface area contributed by atoms with Gasteiger partial charge >= 0.3 is 0 Å². The molecule has 88 valence electrons. The summed E-state index contributed by atoms with van der Waals surface area (Å²) in [6.07, 6.45) is 5.14. The van der Waals surface area contributed by atoms with Crippen LogP contribution in [0, 0.1) is 12.3 Å². The quantitative estimate of drug-likeness (QED) is 0.667. The van der Waals surface area contributed by atoms with Crippen molar-refractivity contribution in [2.24, 2.45) is 0 Å². The largest absolute Gasteiger partial charge is 0.493 e. The van der Waals surface area contributed by atoms with E-state index in [1.165, 1.54) is 5.56 Å². The lowest BCUT2D eigenvalue weighted by Crippen LogP contribution is -2.12. The Morgan fingerprint density at radius 3 is 2.81 bits per heavy atom. The molecular weight excluding hydrogens is 289 g/mol. The van der Waals surface area contributed by atoms with E-state index in [1.54, 1.807) is 0 Å². The molecule has 0 atom stereocenters. The lowest BCUT2D eigenvalue weighted by Gasteiger charge is -2.08. The zero-order valence-corrected chi connectivity index (χ0v) is 11.5. The molecule has 0 bridgehead atoms. The van der Waals surface area contributed by atoms with Crippen molar-refractivity contribution in [3.63, 3.8) is 0 Å². The Morgan fingerprint density at radius 2 is 2.25 bits per heavy atom. The van der Waals surface area contributed by atoms with Crippen molar-refractivity contribution in [2.45, 2.75) is 13.5 Å². The van der Waals surface area contributed by atoms with Gasteiger partial charge in [0, 0.05) is 6.54 Å². The van der Waals surface area contributed by atoms with Gasteiger partial charge in [0.2, 0.25) is 0 Å². The van der Waals surface area contributed by atoms with Gasteiger partial charge in [0.15, 0.2) is 0 Å². The molecule has 0 unspecified atom stereocenters. The molecule has 0 radical (unpaired) electrons. The third-order valence-electron chi connectivity index (χ3n) is 1.85. The van der Waals surface area contributed by atoms with Crippen LogP contribution in [0.2, 0.25) is 0 Å². The van der Waals surface area contributed by atoms with E-state index in [-0.39, 0.29) is 12.4 Å². The van der Waals surface area contributed by atoms with Crippen molar-refractivity contribution in [3.05, 3.63) is 28.2 Å². The molecule has 0 saturated carbocycles. The molecule has 1 rings (SSSR count). The van der Waals surface area contributed by atoms with E-state index in [4.69, 9.17) is 11.2 Å². The minimum Gasteiger partial charge on any atom is -0.493 e. The molecule has 1 aromatic rings. The molecule has 0 aliphatic heterocycles. The molecule has 2 nitrogen and oxygen atoms in total. The number of benzene rings is 1. The molecule has 0 saturated heterocycles. The minimum atomic E-state index is 0. The summed E-state index contributed by atoms with van der Waals surface area (Å²) < 4.78 is 6.39. The summed E-state index contributed by atoms with van der Waals surface area (Å²) in [4.78, 5) is 0. The summed E-state index contributed by atoms with van der Waals surface area (Å²) in [5.74, 6) is 3.41. The molecule has 0 spiro atoms. The van der Waals surface area contributed by atoms with Gasteiger partial charge in [-0.2, -0.15) is 0 Å². The Hall–Kier alpha value is -0.690. The molecule has 1 N–H and O–H groups in total. The molecule has 4 heteroatoms. The van der Waals surface area contributed by atoms with Gasteiger partial charge in [-0.3, -0.25) is 0 Å². The Morgan fingerprint density at radius 1 is 1.50 bits per heavy atom. The summed E-state index contributed by atoms with van der Waals surface area (Å²) in [7, 11) is 0. The molecule has 16 heavy (non-hydrogen) atoms.